The highest BCUT2D eigenvalue weighted by Crippen LogP contribution is 2.25. The molecule has 0 unspecified atom stereocenters. The van der Waals surface area contributed by atoms with E-state index in [2.05, 4.69) is 5.32 Å². The van der Waals surface area contributed by atoms with Gasteiger partial charge >= 0.3 is 6.03 Å². The number of carbonyl (C=O) groups excluding carboxylic acids is 3. The number of nitrogens with zero attached hydrogens (tertiary/aromatic N) is 1. The maximum atomic E-state index is 12.5. The lowest BCUT2D eigenvalue weighted by molar-refractivity contribution is -0.131. The Kier molecular flexibility index (Phi) is 4.88. The van der Waals surface area contributed by atoms with Gasteiger partial charge in [0.05, 0.1) is 6.54 Å². The molecule has 3 N–H and O–H groups in total. The number of ether oxygens (including phenoxy) is 1. The smallest absolute Gasteiger partial charge is 0.325 e. The number of primary amides is 1. The fourth-order valence-electron chi connectivity index (χ4n) is 2.63. The first-order chi connectivity index (χ1) is 10.9. The lowest BCUT2D eigenvalue weighted by Crippen LogP contribution is -2.43. The summed E-state index contributed by atoms with van der Waals surface area (Å²) in [5.74, 6) is -0.336. The summed E-state index contributed by atoms with van der Waals surface area (Å²) in [6, 6.07) is 6.48. The Morgan fingerprint density at radius 3 is 2.78 bits per heavy atom. The minimum atomic E-state index is -0.841. The van der Waals surface area contributed by atoms with Crippen molar-refractivity contribution < 1.29 is 19.1 Å². The van der Waals surface area contributed by atoms with Crippen molar-refractivity contribution in [2.75, 3.05) is 6.61 Å². The van der Waals surface area contributed by atoms with Gasteiger partial charge in [-0.3, -0.25) is 14.5 Å². The van der Waals surface area contributed by atoms with Crippen LogP contribution >= 0.6 is 0 Å². The van der Waals surface area contributed by atoms with Gasteiger partial charge in [-0.15, -0.1) is 0 Å². The maximum Gasteiger partial charge on any atom is 0.325 e. The molecule has 1 fully saturated rings. The van der Waals surface area contributed by atoms with Gasteiger partial charge in [-0.2, -0.15) is 0 Å². The van der Waals surface area contributed by atoms with Crippen molar-refractivity contribution >= 4 is 17.8 Å². The molecule has 0 bridgehead atoms. The zero-order chi connectivity index (χ0) is 17.0. The van der Waals surface area contributed by atoms with E-state index in [0.29, 0.717) is 12.2 Å². The normalized spacial score (nSPS) is 20.5. The molecule has 1 aromatic carbocycles. The molecule has 1 saturated heterocycles. The summed E-state index contributed by atoms with van der Waals surface area (Å²) in [6.07, 6.45) is 1.39. The molecule has 0 aliphatic carbocycles. The molecular formula is C16H21N3O4. The molecule has 0 aromatic heterocycles. The topological polar surface area (TPSA) is 102 Å². The summed E-state index contributed by atoms with van der Waals surface area (Å²) < 4.78 is 5.23. The van der Waals surface area contributed by atoms with Gasteiger partial charge in [-0.1, -0.05) is 25.5 Å². The molecule has 7 heteroatoms. The first-order valence-electron chi connectivity index (χ1n) is 7.50. The van der Waals surface area contributed by atoms with Crippen LogP contribution in [0.5, 0.6) is 5.75 Å². The number of hydrogen-bond donors (Lipinski definition) is 2. The molecule has 0 radical (unpaired) electrons. The average Bonchev–Trinajstić information content (AvgIpc) is 2.69. The zero-order valence-electron chi connectivity index (χ0n) is 13.3. The highest BCUT2D eigenvalue weighted by molar-refractivity contribution is 6.06. The first kappa shape index (κ1) is 16.8. The number of hydrogen-bond acceptors (Lipinski definition) is 4. The number of carbonyl (C=O) groups is 3. The molecule has 0 saturated carbocycles. The van der Waals surface area contributed by atoms with Gasteiger partial charge in [0.15, 0.2) is 6.61 Å². The Hall–Kier alpha value is -2.57. The van der Waals surface area contributed by atoms with Gasteiger partial charge in [0.1, 0.15) is 11.3 Å². The molecule has 7 nitrogen and oxygen atoms in total. The van der Waals surface area contributed by atoms with Gasteiger partial charge in [0, 0.05) is 0 Å². The molecule has 23 heavy (non-hydrogen) atoms. The fourth-order valence-corrected chi connectivity index (χ4v) is 2.63. The van der Waals surface area contributed by atoms with Crippen LogP contribution < -0.4 is 15.8 Å². The third-order valence-corrected chi connectivity index (χ3v) is 3.72. The average molecular weight is 319 g/mol. The number of benzene rings is 1. The number of imide groups is 1. The van der Waals surface area contributed by atoms with Crippen molar-refractivity contribution in [1.29, 1.82) is 0 Å². The van der Waals surface area contributed by atoms with Crippen LogP contribution in [-0.4, -0.2) is 34.9 Å². The van der Waals surface area contributed by atoms with Crippen LogP contribution in [0.25, 0.3) is 0 Å². The standard InChI is InChI=1S/C16H21N3O4/c1-3-7-16(2)14(21)19(15(22)18-16)9-11-5-4-6-12(8-11)23-10-13(17)20/h4-6,8H,3,7,9-10H2,1-2H3,(H2,17,20)(H,18,22)/t16-/m1/s1. The number of urea groups is 1. The highest BCUT2D eigenvalue weighted by Gasteiger charge is 2.46. The second-order valence-corrected chi connectivity index (χ2v) is 5.81. The molecule has 1 atom stereocenters. The lowest BCUT2D eigenvalue weighted by atomic mass is 9.96. The quantitative estimate of drug-likeness (QED) is 0.736. The number of amides is 4. The van der Waals surface area contributed by atoms with E-state index in [-0.39, 0.29) is 19.1 Å². The van der Waals surface area contributed by atoms with Crippen LogP contribution in [-0.2, 0) is 16.1 Å². The van der Waals surface area contributed by atoms with Crippen molar-refractivity contribution in [1.82, 2.24) is 10.2 Å². The summed E-state index contributed by atoms with van der Waals surface area (Å²) in [4.78, 5) is 36.5. The fraction of sp³-hybridized carbons (Fsp3) is 0.438. The van der Waals surface area contributed by atoms with Crippen LogP contribution in [0.15, 0.2) is 24.3 Å². The molecule has 124 valence electrons. The van der Waals surface area contributed by atoms with E-state index in [1.807, 2.05) is 6.92 Å². The van der Waals surface area contributed by atoms with E-state index in [0.717, 1.165) is 12.0 Å². The van der Waals surface area contributed by atoms with E-state index < -0.39 is 17.5 Å². The largest absolute Gasteiger partial charge is 0.484 e. The molecule has 1 heterocycles. The molecule has 0 spiro atoms. The van der Waals surface area contributed by atoms with E-state index in [1.165, 1.54) is 4.90 Å². The third kappa shape index (κ3) is 3.80. The highest BCUT2D eigenvalue weighted by atomic mass is 16.5. The van der Waals surface area contributed by atoms with Gasteiger partial charge in [-0.05, 0) is 31.0 Å². The zero-order valence-corrected chi connectivity index (χ0v) is 13.3. The predicted octanol–water partition coefficient (Wildman–Crippen LogP) is 1.16. The van der Waals surface area contributed by atoms with Gasteiger partial charge in [-0.25, -0.2) is 4.79 Å². The lowest BCUT2D eigenvalue weighted by Gasteiger charge is -2.20. The van der Waals surface area contributed by atoms with Crippen LogP contribution in [0.4, 0.5) is 4.79 Å². The Morgan fingerprint density at radius 2 is 2.13 bits per heavy atom. The van der Waals surface area contributed by atoms with Gasteiger partial charge in [0.2, 0.25) is 0 Å². The summed E-state index contributed by atoms with van der Waals surface area (Å²) in [6.45, 7) is 3.63. The van der Waals surface area contributed by atoms with Gasteiger partial charge < -0.3 is 15.8 Å². The minimum Gasteiger partial charge on any atom is -0.484 e. The van der Waals surface area contributed by atoms with E-state index in [4.69, 9.17) is 10.5 Å². The van der Waals surface area contributed by atoms with Crippen LogP contribution in [0.1, 0.15) is 32.3 Å². The molecular weight excluding hydrogens is 298 g/mol. The van der Waals surface area contributed by atoms with Crippen molar-refractivity contribution in [2.24, 2.45) is 5.73 Å². The summed E-state index contributed by atoms with van der Waals surface area (Å²) >= 11 is 0. The predicted molar refractivity (Wildman–Crippen MR) is 83.5 cm³/mol. The number of nitrogens with one attached hydrogen (secondary N) is 1. The Bertz CT molecular complexity index is 632. The SMILES string of the molecule is CCC[C@@]1(C)NC(=O)N(Cc2cccc(OCC(N)=O)c2)C1=O. The number of nitrogens with two attached hydrogens (primary N) is 1. The maximum absolute atomic E-state index is 12.5. The van der Waals surface area contributed by atoms with Crippen LogP contribution in [0.2, 0.25) is 0 Å². The Balaban J connectivity index is 2.10. The van der Waals surface area contributed by atoms with E-state index in [1.54, 1.807) is 31.2 Å². The molecule has 1 aliphatic heterocycles. The van der Waals surface area contributed by atoms with E-state index >= 15 is 0 Å². The molecule has 4 amide bonds. The number of rotatable bonds is 7. The van der Waals surface area contributed by atoms with Crippen LogP contribution in [0.3, 0.4) is 0 Å². The van der Waals surface area contributed by atoms with Crippen molar-refractivity contribution in [2.45, 2.75) is 38.8 Å². The summed E-state index contributed by atoms with van der Waals surface area (Å²) in [7, 11) is 0. The van der Waals surface area contributed by atoms with Crippen molar-refractivity contribution in [3.63, 3.8) is 0 Å². The second-order valence-electron chi connectivity index (χ2n) is 5.81. The molecule has 1 aromatic rings. The summed E-state index contributed by atoms with van der Waals surface area (Å²) in [5, 5.41) is 2.75. The second kappa shape index (κ2) is 6.68. The first-order valence-corrected chi connectivity index (χ1v) is 7.50. The van der Waals surface area contributed by atoms with Crippen molar-refractivity contribution in [3.8, 4) is 5.75 Å². The monoisotopic (exact) mass is 319 g/mol. The summed E-state index contributed by atoms with van der Waals surface area (Å²) in [5.41, 5.74) is 4.93. The van der Waals surface area contributed by atoms with Gasteiger partial charge in [0.25, 0.3) is 11.8 Å². The van der Waals surface area contributed by atoms with Crippen molar-refractivity contribution in [3.05, 3.63) is 29.8 Å². The third-order valence-electron chi connectivity index (χ3n) is 3.72. The Morgan fingerprint density at radius 1 is 1.39 bits per heavy atom. The molecule has 1 aliphatic rings. The van der Waals surface area contributed by atoms with Crippen LogP contribution in [0, 0.1) is 0 Å². The minimum absolute atomic E-state index is 0.151. The van der Waals surface area contributed by atoms with E-state index in [9.17, 15) is 14.4 Å². The Labute approximate surface area is 134 Å². The molecule has 2 rings (SSSR count).